The van der Waals surface area contributed by atoms with Gasteiger partial charge in [-0.15, -0.1) is 0 Å². The summed E-state index contributed by atoms with van der Waals surface area (Å²) in [6.07, 6.45) is 2.51. The van der Waals surface area contributed by atoms with Gasteiger partial charge >= 0.3 is 5.97 Å². The highest BCUT2D eigenvalue weighted by Crippen LogP contribution is 1.81. The molecule has 56 valence electrons. The predicted octanol–water partition coefficient (Wildman–Crippen LogP) is 1.15. The molecule has 0 saturated carbocycles. The number of rotatable bonds is 3. The fourth-order valence-electron chi connectivity index (χ4n) is 0.351. The van der Waals surface area contributed by atoms with Crippen LogP contribution >= 0.6 is 0 Å². The van der Waals surface area contributed by atoms with Crippen LogP contribution in [0.4, 0.5) is 0 Å². The van der Waals surface area contributed by atoms with Crippen LogP contribution in [-0.2, 0) is 9.53 Å². The predicted molar refractivity (Wildman–Crippen MR) is 36.6 cm³/mol. The zero-order chi connectivity index (χ0) is 7.82. The first kappa shape index (κ1) is 8.81. The molecule has 0 aliphatic carbocycles. The van der Waals surface area contributed by atoms with Gasteiger partial charge in [0.05, 0.1) is 12.8 Å². The maximum Gasteiger partial charge on any atom is 0.332 e. The van der Waals surface area contributed by atoms with Gasteiger partial charge < -0.3 is 4.74 Å². The molecule has 0 saturated heterocycles. The third-order valence-corrected chi connectivity index (χ3v) is 0.679. The Morgan fingerprint density at radius 1 is 1.70 bits per heavy atom. The van der Waals surface area contributed by atoms with E-state index in [2.05, 4.69) is 15.0 Å². The van der Waals surface area contributed by atoms with Crippen molar-refractivity contribution in [3.05, 3.63) is 12.3 Å². The summed E-state index contributed by atoms with van der Waals surface area (Å²) in [4.78, 5) is 10.5. The fraction of sp³-hybridized carbons (Fsp3) is 0.500. The van der Waals surface area contributed by atoms with Crippen molar-refractivity contribution in [2.24, 2.45) is 10.2 Å². The van der Waals surface area contributed by atoms with E-state index in [9.17, 15) is 4.79 Å². The molecule has 0 fully saturated rings. The normalized spacial score (nSPS) is 11.0. The molecule has 0 rings (SSSR count). The van der Waals surface area contributed by atoms with E-state index in [1.807, 2.05) is 0 Å². The minimum absolute atomic E-state index is 0.381. The van der Waals surface area contributed by atoms with Crippen molar-refractivity contribution < 1.29 is 9.53 Å². The Balaban J connectivity index is 3.56. The highest BCUT2D eigenvalue weighted by atomic mass is 16.5. The third kappa shape index (κ3) is 4.96. The van der Waals surface area contributed by atoms with Gasteiger partial charge in [0.15, 0.2) is 0 Å². The Kier molecular flexibility index (Phi) is 5.23. The van der Waals surface area contributed by atoms with Crippen LogP contribution in [0.1, 0.15) is 6.92 Å². The van der Waals surface area contributed by atoms with Gasteiger partial charge in [0.25, 0.3) is 0 Å². The van der Waals surface area contributed by atoms with E-state index in [4.69, 9.17) is 0 Å². The van der Waals surface area contributed by atoms with E-state index in [0.29, 0.717) is 6.61 Å². The Morgan fingerprint density at radius 2 is 2.40 bits per heavy atom. The van der Waals surface area contributed by atoms with Gasteiger partial charge in [-0.25, -0.2) is 4.79 Å². The van der Waals surface area contributed by atoms with Crippen molar-refractivity contribution in [3.8, 4) is 0 Å². The zero-order valence-corrected chi connectivity index (χ0v) is 6.07. The number of carbonyl (C=O) groups excluding carboxylic acids is 1. The van der Waals surface area contributed by atoms with Crippen LogP contribution in [0.5, 0.6) is 0 Å². The lowest BCUT2D eigenvalue weighted by Crippen LogP contribution is -1.98. The summed E-state index contributed by atoms with van der Waals surface area (Å²) in [6.45, 7) is 2.12. The summed E-state index contributed by atoms with van der Waals surface area (Å²) >= 11 is 0. The molecule has 0 aromatic carbocycles. The zero-order valence-electron chi connectivity index (χ0n) is 6.07. The molecule has 0 heterocycles. The van der Waals surface area contributed by atoms with Gasteiger partial charge in [-0.2, -0.15) is 10.2 Å². The molecule has 0 unspecified atom stereocenters. The maximum atomic E-state index is 10.5. The SMILES string of the molecule is CCOC(=O)/C=C/N=NC. The van der Waals surface area contributed by atoms with Crippen LogP contribution in [0.25, 0.3) is 0 Å². The second-order valence-electron chi connectivity index (χ2n) is 1.38. The highest BCUT2D eigenvalue weighted by molar-refractivity contribution is 5.81. The summed E-state index contributed by atoms with van der Waals surface area (Å²) < 4.78 is 4.56. The summed E-state index contributed by atoms with van der Waals surface area (Å²) in [6, 6.07) is 0. The number of carbonyl (C=O) groups is 1. The van der Waals surface area contributed by atoms with Crippen molar-refractivity contribution in [2.45, 2.75) is 6.92 Å². The van der Waals surface area contributed by atoms with Crippen molar-refractivity contribution in [2.75, 3.05) is 13.7 Å². The van der Waals surface area contributed by atoms with E-state index in [1.54, 1.807) is 6.92 Å². The second-order valence-corrected chi connectivity index (χ2v) is 1.38. The molecule has 0 radical (unpaired) electrons. The van der Waals surface area contributed by atoms with Crippen molar-refractivity contribution >= 4 is 5.97 Å². The van der Waals surface area contributed by atoms with Crippen LogP contribution in [-0.4, -0.2) is 19.6 Å². The Labute approximate surface area is 59.6 Å². The first-order valence-electron chi connectivity index (χ1n) is 2.93. The smallest absolute Gasteiger partial charge is 0.332 e. The van der Waals surface area contributed by atoms with Gasteiger partial charge in [-0.05, 0) is 6.92 Å². The number of hydrogen-bond acceptors (Lipinski definition) is 4. The number of nitrogens with zero attached hydrogens (tertiary/aromatic N) is 2. The topological polar surface area (TPSA) is 51.0 Å². The van der Waals surface area contributed by atoms with E-state index in [-0.39, 0.29) is 0 Å². The Morgan fingerprint density at radius 3 is 2.90 bits per heavy atom. The quantitative estimate of drug-likeness (QED) is 0.337. The van der Waals surface area contributed by atoms with Crippen LogP contribution in [0.2, 0.25) is 0 Å². The molecule has 0 aromatic heterocycles. The summed E-state index contributed by atoms with van der Waals surface area (Å²) in [7, 11) is 1.52. The molecule has 0 aliphatic rings. The molecule has 4 nitrogen and oxygen atoms in total. The van der Waals surface area contributed by atoms with Crippen molar-refractivity contribution in [3.63, 3.8) is 0 Å². The third-order valence-electron chi connectivity index (χ3n) is 0.679. The molecule has 4 heteroatoms. The number of esters is 1. The molecule has 0 atom stereocenters. The molecule has 10 heavy (non-hydrogen) atoms. The first-order chi connectivity index (χ1) is 4.81. The van der Waals surface area contributed by atoms with Gasteiger partial charge in [0.1, 0.15) is 0 Å². The molecule has 0 aromatic rings. The molecule has 0 aliphatic heterocycles. The van der Waals surface area contributed by atoms with E-state index < -0.39 is 5.97 Å². The van der Waals surface area contributed by atoms with E-state index >= 15 is 0 Å². The van der Waals surface area contributed by atoms with Gasteiger partial charge in [-0.3, -0.25) is 0 Å². The average Bonchev–Trinajstić information content (AvgIpc) is 1.89. The van der Waals surface area contributed by atoms with Crippen LogP contribution in [0.15, 0.2) is 22.5 Å². The monoisotopic (exact) mass is 142 g/mol. The highest BCUT2D eigenvalue weighted by Gasteiger charge is 1.89. The molecule has 0 spiro atoms. The summed E-state index contributed by atoms with van der Waals surface area (Å²) in [5.41, 5.74) is 0. The van der Waals surface area contributed by atoms with Gasteiger partial charge in [-0.1, -0.05) is 0 Å². The van der Waals surface area contributed by atoms with Crippen molar-refractivity contribution in [1.82, 2.24) is 0 Å². The molecule has 0 bridgehead atoms. The van der Waals surface area contributed by atoms with E-state index in [1.165, 1.54) is 19.3 Å². The fourth-order valence-corrected chi connectivity index (χ4v) is 0.351. The van der Waals surface area contributed by atoms with Crippen LogP contribution in [0, 0.1) is 0 Å². The average molecular weight is 142 g/mol. The minimum atomic E-state index is -0.394. The second kappa shape index (κ2) is 5.94. The molecule has 0 N–H and O–H groups in total. The lowest BCUT2D eigenvalue weighted by Gasteiger charge is -1.91. The molecular formula is C6H10N2O2. The summed E-state index contributed by atoms with van der Waals surface area (Å²) in [5.74, 6) is -0.394. The largest absolute Gasteiger partial charge is 0.463 e. The lowest BCUT2D eigenvalue weighted by molar-refractivity contribution is -0.137. The minimum Gasteiger partial charge on any atom is -0.463 e. The standard InChI is InChI=1S/C6H10N2O2/c1-3-10-6(9)4-5-8-7-2/h4-5H,3H2,1-2H3/b5-4+,8-7?. The number of ether oxygens (including phenoxy) is 1. The Bertz CT molecular complexity index is 152. The number of hydrogen-bond donors (Lipinski definition) is 0. The van der Waals surface area contributed by atoms with Crippen molar-refractivity contribution in [1.29, 1.82) is 0 Å². The van der Waals surface area contributed by atoms with Crippen LogP contribution in [0.3, 0.4) is 0 Å². The molecule has 0 amide bonds. The first-order valence-corrected chi connectivity index (χ1v) is 2.93. The van der Waals surface area contributed by atoms with Gasteiger partial charge in [0.2, 0.25) is 0 Å². The summed E-state index contributed by atoms with van der Waals surface area (Å²) in [5, 5.41) is 6.84. The lowest BCUT2D eigenvalue weighted by atomic mass is 10.6. The maximum absolute atomic E-state index is 10.5. The van der Waals surface area contributed by atoms with Gasteiger partial charge in [0, 0.05) is 13.1 Å². The number of azo groups is 1. The Hall–Kier alpha value is -1.19. The molecular weight excluding hydrogens is 132 g/mol. The van der Waals surface area contributed by atoms with E-state index in [0.717, 1.165) is 0 Å². The van der Waals surface area contributed by atoms with Crippen LogP contribution < -0.4 is 0 Å².